The molecular formula is C93H92Cl7F3I2N5O12PS2. The van der Waals surface area contributed by atoms with Gasteiger partial charge in [-0.3, -0.25) is 19.2 Å². The summed E-state index contributed by atoms with van der Waals surface area (Å²) in [7, 11) is -3.03. The van der Waals surface area contributed by atoms with Crippen LogP contribution in [0.3, 0.4) is 0 Å². The van der Waals surface area contributed by atoms with E-state index < -0.39 is 74.1 Å². The number of pyridine rings is 3. The Hall–Kier alpha value is -7.58. The quantitative estimate of drug-likeness (QED) is 0.00888. The van der Waals surface area contributed by atoms with Gasteiger partial charge in [-0.1, -0.05) is 278 Å². The molecule has 0 saturated carbocycles. The van der Waals surface area contributed by atoms with Crippen molar-refractivity contribution in [2.45, 2.75) is 94.9 Å². The molecular weight excluding hydrogens is 2030 g/mol. The number of hydrogen-bond acceptors (Lipinski definition) is 15. The Morgan fingerprint density at radius 1 is 0.520 bits per heavy atom. The molecule has 7 aromatic carbocycles. The molecule has 3 aromatic heterocycles. The second-order valence-corrected chi connectivity index (χ2v) is 40.5. The standard InChI is InChI=1S/C21H22ClF3N2O3S.C21H24ClIN2O3S.C21H18ClOP.C17H15ClINO3.C10H9ClO.C3H4Cl2O/c1-19(2,3)31(29)27-20(10-9-13-7-5-4-6-8-13)12-30-16-14(20)11-15(26-18(16)22)17(28)21(23,24)25;1-14(26)18-12-17(23)19(20(22)24-18)28-13-16(25-29(27)21(2,3)4)11-10-15-8-6-5-7-9-15;22-16-18(23)17-24(19-10-4-1-5-11-19,20-12-6-2-7-13-20)21-14-8-3-9-15-21;1-11(21)15-9-14(19)16(17(18)20-15)23-10-13(22)8-7-12-5-3-2-4-6-12;11-8-10(12)7-6-9-4-2-1-3-5-9;4-1-3(6)2-5/h4-11,17,27-28H,12H2,1-3H3;5-12,14,26H,13H2,1-4H3;1-15,17H,16H2;2-9,11,21H,10H2,1H3;1-7H,8H2;1-2H2/b10-9+;11-10+,25-16?;;8-7+;7-6+;. The Labute approximate surface area is 794 Å². The van der Waals surface area contributed by atoms with Gasteiger partial charge < -0.3 is 29.5 Å². The molecule has 0 amide bonds. The molecule has 0 bridgehead atoms. The van der Waals surface area contributed by atoms with Crippen LogP contribution in [-0.2, 0) is 46.7 Å². The van der Waals surface area contributed by atoms with Gasteiger partial charge in [-0.15, -0.1) is 46.4 Å². The Bertz CT molecular complexity index is 5290. The summed E-state index contributed by atoms with van der Waals surface area (Å²) in [6.45, 7) is 11.8. The van der Waals surface area contributed by atoms with Gasteiger partial charge in [-0.25, -0.2) is 28.1 Å². The fraction of sp³-hybridized carbons (Fsp3) is 0.237. The third-order valence-corrected chi connectivity index (χ3v) is 27.6. The number of aromatic nitrogens is 3. The molecule has 17 nitrogen and oxygen atoms in total. The van der Waals surface area contributed by atoms with Crippen LogP contribution in [0.25, 0.3) is 24.3 Å². The number of nitrogens with zero attached hydrogens (tertiary/aromatic N) is 4. The summed E-state index contributed by atoms with van der Waals surface area (Å²) < 4.78 is 89.4. The molecule has 4 N–H and O–H groups in total. The van der Waals surface area contributed by atoms with E-state index in [-0.39, 0.29) is 93.2 Å². The Morgan fingerprint density at radius 3 is 1.24 bits per heavy atom. The van der Waals surface area contributed by atoms with Crippen molar-refractivity contribution in [3.8, 4) is 17.2 Å². The van der Waals surface area contributed by atoms with E-state index in [9.17, 15) is 56.1 Å². The maximum atomic E-state index is 13.1. The zero-order valence-corrected chi connectivity index (χ0v) is 81.1. The number of alkyl halides is 7. The molecule has 0 spiro atoms. The summed E-state index contributed by atoms with van der Waals surface area (Å²) in [4.78, 5) is 56.8. The van der Waals surface area contributed by atoms with E-state index in [1.54, 1.807) is 77.1 Å². The zero-order valence-electron chi connectivity index (χ0n) is 68.9. The van der Waals surface area contributed by atoms with Crippen LogP contribution in [0.1, 0.15) is 119 Å². The Balaban J connectivity index is 0.000000242. The van der Waals surface area contributed by atoms with Crippen LogP contribution >= 0.6 is 133 Å². The van der Waals surface area contributed by atoms with Crippen molar-refractivity contribution in [3.05, 3.63) is 322 Å². The summed E-state index contributed by atoms with van der Waals surface area (Å²) >= 11 is 43.7. The molecule has 6 unspecified atom stereocenters. The molecule has 0 aliphatic carbocycles. The molecule has 662 valence electrons. The Morgan fingerprint density at radius 2 is 0.888 bits per heavy atom. The molecule has 1 aliphatic heterocycles. The van der Waals surface area contributed by atoms with Crippen molar-refractivity contribution in [1.82, 2.24) is 19.7 Å². The average molecular weight is 2130 g/mol. The number of Topliss-reactive ketones (excluding diaryl/α,β-unsaturated/α-hetero) is 2. The maximum Gasteiger partial charge on any atom is 0.420 e. The van der Waals surface area contributed by atoms with Crippen LogP contribution in [0.5, 0.6) is 17.2 Å². The first-order chi connectivity index (χ1) is 59.3. The lowest BCUT2D eigenvalue weighted by Crippen LogP contribution is -2.48. The normalized spacial score (nSPS) is 14.4. The summed E-state index contributed by atoms with van der Waals surface area (Å²) in [6.07, 6.45) is 4.36. The van der Waals surface area contributed by atoms with Crippen LogP contribution in [0, 0.1) is 7.14 Å². The molecule has 125 heavy (non-hydrogen) atoms. The number of allylic oxidation sites excluding steroid dienone is 1. The van der Waals surface area contributed by atoms with E-state index in [0.717, 1.165) is 47.8 Å². The molecule has 32 heteroatoms. The van der Waals surface area contributed by atoms with Gasteiger partial charge in [0.05, 0.1) is 86.1 Å². The van der Waals surface area contributed by atoms with Gasteiger partial charge >= 0.3 is 6.18 Å². The lowest BCUT2D eigenvalue weighted by atomic mass is 9.91. The number of hydrogen-bond donors (Lipinski definition) is 4. The van der Waals surface area contributed by atoms with Crippen LogP contribution in [0.4, 0.5) is 13.2 Å². The van der Waals surface area contributed by atoms with Gasteiger partial charge in [0, 0.05) is 5.56 Å². The van der Waals surface area contributed by atoms with E-state index in [1.807, 2.05) is 231 Å². The van der Waals surface area contributed by atoms with Crippen LogP contribution in [-0.4, -0.2) is 132 Å². The van der Waals surface area contributed by atoms with Gasteiger partial charge in [0.2, 0.25) is 0 Å². The third kappa shape index (κ3) is 34.8. The SMILES string of the molecule is CC(C)(C)S(=O)NC1(/C=C/c2ccccc2)COc2c1cc(C(O)C(F)(F)F)nc2Cl.CC(O)c1cc(I)c(OCC(/C=C/c2ccccc2)=NS(=O)C(C)(C)C)c(Cl)n1.CC(O)c1cc(I)c(OCC(=O)/C=C/c2ccccc2)c(Cl)n1.O=C(/C=C/c1ccccc1)CCl.O=C(C=P(c1ccccc1)(c1ccccc1)c1ccccc1)CCl.O=C(CCl)CCl. The fourth-order valence-electron chi connectivity index (χ4n) is 10.5. The number of aliphatic hydroxyl groups excluding tert-OH is 3. The van der Waals surface area contributed by atoms with Crippen molar-refractivity contribution < 1.29 is 70.3 Å². The highest BCUT2D eigenvalue weighted by Crippen LogP contribution is 2.47. The summed E-state index contributed by atoms with van der Waals surface area (Å²) in [5.74, 6) is 2.37. The van der Waals surface area contributed by atoms with Gasteiger partial charge in [-0.05, 0) is 188 Å². The first-order valence-electron chi connectivity index (χ1n) is 38.1. The van der Waals surface area contributed by atoms with Gasteiger partial charge in [-0.2, -0.15) is 17.6 Å². The predicted molar refractivity (Wildman–Crippen MR) is 526 cm³/mol. The first-order valence-corrected chi connectivity index (χ1v) is 47.6. The molecule has 0 fully saturated rings. The number of carbonyl (C=O) groups excluding carboxylic acids is 4. The number of nitrogens with one attached hydrogen (secondary N) is 1. The van der Waals surface area contributed by atoms with E-state index >= 15 is 0 Å². The summed E-state index contributed by atoms with van der Waals surface area (Å²) in [6, 6.07) is 73.4. The lowest BCUT2D eigenvalue weighted by molar-refractivity contribution is -0.208. The monoisotopic (exact) mass is 2120 g/mol. The second kappa shape index (κ2) is 52.8. The van der Waals surface area contributed by atoms with Crippen LogP contribution < -0.4 is 34.8 Å². The minimum atomic E-state index is -4.92. The van der Waals surface area contributed by atoms with Crippen molar-refractivity contribution in [2.24, 2.45) is 4.40 Å². The number of halogens is 12. The average Bonchev–Trinajstić information content (AvgIpc) is 1.61. The van der Waals surface area contributed by atoms with Crippen LogP contribution in [0.15, 0.2) is 259 Å². The zero-order chi connectivity index (χ0) is 92.1. The number of aliphatic hydroxyl groups is 3. The van der Waals surface area contributed by atoms with Crippen molar-refractivity contribution >= 4 is 230 Å². The molecule has 11 rings (SSSR count). The number of fused-ring (bicyclic) bond motifs is 1. The fourth-order valence-corrected chi connectivity index (χ4v) is 18.9. The Kier molecular flexibility index (Phi) is 44.8. The highest BCUT2D eigenvalue weighted by molar-refractivity contribution is 14.1. The largest absolute Gasteiger partial charge is 0.487 e. The highest BCUT2D eigenvalue weighted by Gasteiger charge is 2.47. The number of rotatable bonds is 28. The van der Waals surface area contributed by atoms with Crippen molar-refractivity contribution in [2.75, 3.05) is 43.3 Å². The number of ether oxygens (including phenoxy) is 3. The number of benzene rings is 7. The van der Waals surface area contributed by atoms with E-state index in [4.69, 9.17) is 95.4 Å². The van der Waals surface area contributed by atoms with Gasteiger partial charge in [0.25, 0.3) is 0 Å². The summed E-state index contributed by atoms with van der Waals surface area (Å²) in [5, 5.41) is 32.4. The third-order valence-electron chi connectivity index (χ3n) is 17.0. The van der Waals surface area contributed by atoms with Crippen LogP contribution in [0.2, 0.25) is 15.5 Å². The van der Waals surface area contributed by atoms with E-state index in [0.29, 0.717) is 32.2 Å². The molecule has 6 atom stereocenters. The van der Waals surface area contributed by atoms with Crippen molar-refractivity contribution in [1.29, 1.82) is 0 Å². The lowest BCUT2D eigenvalue weighted by Gasteiger charge is -2.30. The molecule has 0 radical (unpaired) electrons. The van der Waals surface area contributed by atoms with Gasteiger partial charge in [0.15, 0.2) is 68.6 Å². The molecule has 10 aromatic rings. The smallest absolute Gasteiger partial charge is 0.420 e. The van der Waals surface area contributed by atoms with E-state index in [2.05, 4.69) is 83.1 Å². The van der Waals surface area contributed by atoms with Crippen molar-refractivity contribution in [3.63, 3.8) is 0 Å². The molecule has 1 aliphatic rings. The summed E-state index contributed by atoms with van der Waals surface area (Å²) in [5.41, 5.74) is 3.53. The maximum absolute atomic E-state index is 13.1. The van der Waals surface area contributed by atoms with Gasteiger partial charge in [0.1, 0.15) is 29.7 Å². The topological polar surface area (TPSA) is 254 Å². The molecule has 0 saturated heterocycles. The first kappa shape index (κ1) is 106. The predicted octanol–water partition coefficient (Wildman–Crippen LogP) is 21.3. The minimum absolute atomic E-state index is 0.00570. The second-order valence-electron chi connectivity index (χ2n) is 28.9. The number of carbonyl (C=O) groups is 4. The molecule has 4 heterocycles. The number of ketones is 4. The minimum Gasteiger partial charge on any atom is -0.487 e. The highest BCUT2D eigenvalue weighted by atomic mass is 127. The van der Waals surface area contributed by atoms with E-state index in [1.165, 1.54) is 12.2 Å².